The third-order valence-corrected chi connectivity index (χ3v) is 3.35. The molecule has 0 spiro atoms. The number of aliphatic hydroxyl groups excluding tert-OH is 1. The highest BCUT2D eigenvalue weighted by molar-refractivity contribution is 6.30. The van der Waals surface area contributed by atoms with Crippen molar-refractivity contribution in [3.05, 3.63) is 29.0 Å². The third kappa shape index (κ3) is 3.39. The second kappa shape index (κ2) is 5.78. The summed E-state index contributed by atoms with van der Waals surface area (Å²) in [7, 11) is 0. The molecule has 5 heteroatoms. The minimum absolute atomic E-state index is 0.320. The summed E-state index contributed by atoms with van der Waals surface area (Å²) in [5, 5.41) is 10.7. The van der Waals surface area contributed by atoms with Crippen molar-refractivity contribution in [1.29, 1.82) is 0 Å². The van der Waals surface area contributed by atoms with Gasteiger partial charge in [-0.25, -0.2) is 0 Å². The number of aliphatic hydroxyl groups is 1. The Labute approximate surface area is 106 Å². The predicted molar refractivity (Wildman–Crippen MR) is 67.9 cm³/mol. The summed E-state index contributed by atoms with van der Waals surface area (Å²) in [5.41, 5.74) is 6.55. The van der Waals surface area contributed by atoms with E-state index in [-0.39, 0.29) is 6.04 Å². The van der Waals surface area contributed by atoms with E-state index in [1.807, 2.05) is 0 Å². The van der Waals surface area contributed by atoms with Crippen LogP contribution in [0.2, 0.25) is 5.02 Å². The molecule has 2 heterocycles. The van der Waals surface area contributed by atoms with E-state index in [0.29, 0.717) is 17.3 Å². The van der Waals surface area contributed by atoms with Crippen LogP contribution in [-0.4, -0.2) is 40.7 Å². The van der Waals surface area contributed by atoms with Crippen molar-refractivity contribution >= 4 is 11.6 Å². The van der Waals surface area contributed by atoms with Crippen LogP contribution in [0.1, 0.15) is 24.6 Å². The average Bonchev–Trinajstić information content (AvgIpc) is 2.80. The molecule has 94 valence electrons. The molecular formula is C12H18ClN3O. The van der Waals surface area contributed by atoms with Crippen LogP contribution < -0.4 is 5.73 Å². The van der Waals surface area contributed by atoms with Gasteiger partial charge in [-0.2, -0.15) is 0 Å². The van der Waals surface area contributed by atoms with Crippen LogP contribution in [0.25, 0.3) is 0 Å². The first-order valence-corrected chi connectivity index (χ1v) is 6.32. The lowest BCUT2D eigenvalue weighted by molar-refractivity contribution is 0.121. The topological polar surface area (TPSA) is 62.4 Å². The molecule has 0 amide bonds. The largest absolute Gasteiger partial charge is 0.385 e. The summed E-state index contributed by atoms with van der Waals surface area (Å²) < 4.78 is 0. The van der Waals surface area contributed by atoms with Crippen LogP contribution in [0.4, 0.5) is 0 Å². The van der Waals surface area contributed by atoms with E-state index in [1.165, 1.54) is 12.8 Å². The Bertz CT molecular complexity index is 369. The Morgan fingerprint density at radius 2 is 2.18 bits per heavy atom. The second-order valence-corrected chi connectivity index (χ2v) is 4.95. The SMILES string of the molecule is NC(CN1CCCC1)C(O)c1cc(Cl)ccn1. The number of nitrogens with zero attached hydrogens (tertiary/aromatic N) is 2. The fourth-order valence-electron chi connectivity index (χ4n) is 2.17. The van der Waals surface area contributed by atoms with Gasteiger partial charge in [-0.15, -0.1) is 0 Å². The maximum Gasteiger partial charge on any atom is 0.112 e. The number of hydrogen-bond acceptors (Lipinski definition) is 4. The van der Waals surface area contributed by atoms with Gasteiger partial charge >= 0.3 is 0 Å². The number of hydrogen-bond donors (Lipinski definition) is 2. The van der Waals surface area contributed by atoms with Crippen molar-refractivity contribution in [3.8, 4) is 0 Å². The van der Waals surface area contributed by atoms with Crippen LogP contribution in [0, 0.1) is 0 Å². The Morgan fingerprint density at radius 1 is 1.47 bits per heavy atom. The minimum Gasteiger partial charge on any atom is -0.385 e. The molecule has 1 aromatic heterocycles. The molecule has 2 rings (SSSR count). The van der Waals surface area contributed by atoms with Crippen molar-refractivity contribution < 1.29 is 5.11 Å². The highest BCUT2D eigenvalue weighted by Crippen LogP contribution is 2.18. The van der Waals surface area contributed by atoms with Gasteiger partial charge in [0, 0.05) is 23.8 Å². The molecule has 0 saturated carbocycles. The van der Waals surface area contributed by atoms with Crippen molar-refractivity contribution in [2.75, 3.05) is 19.6 Å². The molecule has 2 unspecified atom stereocenters. The highest BCUT2D eigenvalue weighted by Gasteiger charge is 2.22. The van der Waals surface area contributed by atoms with Crippen LogP contribution in [-0.2, 0) is 0 Å². The van der Waals surface area contributed by atoms with Gasteiger partial charge in [0.05, 0.1) is 5.69 Å². The zero-order valence-corrected chi connectivity index (χ0v) is 10.5. The van der Waals surface area contributed by atoms with E-state index in [0.717, 1.165) is 13.1 Å². The number of nitrogens with two attached hydrogens (primary N) is 1. The lowest BCUT2D eigenvalue weighted by Gasteiger charge is -2.24. The van der Waals surface area contributed by atoms with Crippen molar-refractivity contribution in [2.24, 2.45) is 5.73 Å². The summed E-state index contributed by atoms with van der Waals surface area (Å²) in [4.78, 5) is 6.38. The summed E-state index contributed by atoms with van der Waals surface area (Å²) in [6, 6.07) is 3.03. The average molecular weight is 256 g/mol. The Kier molecular flexibility index (Phi) is 4.34. The van der Waals surface area contributed by atoms with E-state index in [1.54, 1.807) is 18.3 Å². The van der Waals surface area contributed by atoms with Gasteiger partial charge in [-0.05, 0) is 38.1 Å². The molecule has 4 nitrogen and oxygen atoms in total. The van der Waals surface area contributed by atoms with E-state index in [9.17, 15) is 5.11 Å². The Balaban J connectivity index is 1.96. The highest BCUT2D eigenvalue weighted by atomic mass is 35.5. The molecule has 0 bridgehead atoms. The Morgan fingerprint density at radius 3 is 2.82 bits per heavy atom. The normalized spacial score (nSPS) is 20.4. The van der Waals surface area contributed by atoms with E-state index in [4.69, 9.17) is 17.3 Å². The third-order valence-electron chi connectivity index (χ3n) is 3.12. The summed E-state index contributed by atoms with van der Waals surface area (Å²) in [6.07, 6.45) is 3.27. The monoisotopic (exact) mass is 255 g/mol. The number of rotatable bonds is 4. The van der Waals surface area contributed by atoms with E-state index < -0.39 is 6.10 Å². The van der Waals surface area contributed by atoms with Crippen LogP contribution in [0.15, 0.2) is 18.3 Å². The smallest absolute Gasteiger partial charge is 0.112 e. The van der Waals surface area contributed by atoms with Crippen molar-refractivity contribution in [3.63, 3.8) is 0 Å². The molecule has 0 aliphatic carbocycles. The first kappa shape index (κ1) is 12.8. The van der Waals surface area contributed by atoms with Crippen molar-refractivity contribution in [1.82, 2.24) is 9.88 Å². The molecule has 17 heavy (non-hydrogen) atoms. The molecular weight excluding hydrogens is 238 g/mol. The van der Waals surface area contributed by atoms with Crippen LogP contribution in [0.5, 0.6) is 0 Å². The summed E-state index contributed by atoms with van der Waals surface area (Å²) >= 11 is 5.86. The molecule has 0 radical (unpaired) electrons. The first-order valence-electron chi connectivity index (χ1n) is 5.94. The van der Waals surface area contributed by atoms with Gasteiger partial charge < -0.3 is 15.7 Å². The maximum absolute atomic E-state index is 10.1. The van der Waals surface area contributed by atoms with E-state index in [2.05, 4.69) is 9.88 Å². The molecule has 2 atom stereocenters. The van der Waals surface area contributed by atoms with Gasteiger partial charge in [-0.3, -0.25) is 4.98 Å². The molecule has 3 N–H and O–H groups in total. The minimum atomic E-state index is -0.755. The van der Waals surface area contributed by atoms with Crippen LogP contribution >= 0.6 is 11.6 Å². The summed E-state index contributed by atoms with van der Waals surface area (Å²) in [5.74, 6) is 0. The molecule has 1 fully saturated rings. The lowest BCUT2D eigenvalue weighted by atomic mass is 10.1. The van der Waals surface area contributed by atoms with Gasteiger partial charge in [-0.1, -0.05) is 11.6 Å². The fraction of sp³-hybridized carbons (Fsp3) is 0.583. The molecule has 0 aromatic carbocycles. The maximum atomic E-state index is 10.1. The number of likely N-dealkylation sites (tertiary alicyclic amines) is 1. The molecule has 1 aliphatic rings. The predicted octanol–water partition coefficient (Wildman–Crippen LogP) is 1.19. The number of halogens is 1. The van der Waals surface area contributed by atoms with E-state index >= 15 is 0 Å². The fourth-order valence-corrected chi connectivity index (χ4v) is 2.33. The van der Waals surface area contributed by atoms with Crippen LogP contribution in [0.3, 0.4) is 0 Å². The number of aromatic nitrogens is 1. The zero-order valence-electron chi connectivity index (χ0n) is 9.72. The zero-order chi connectivity index (χ0) is 12.3. The van der Waals surface area contributed by atoms with Crippen molar-refractivity contribution in [2.45, 2.75) is 25.0 Å². The van der Waals surface area contributed by atoms with Gasteiger partial charge in [0.2, 0.25) is 0 Å². The lowest BCUT2D eigenvalue weighted by Crippen LogP contribution is -2.40. The Hall–Kier alpha value is -0.680. The van der Waals surface area contributed by atoms with Gasteiger partial charge in [0.25, 0.3) is 0 Å². The first-order chi connectivity index (χ1) is 8.16. The summed E-state index contributed by atoms with van der Waals surface area (Å²) in [6.45, 7) is 2.85. The molecule has 1 aliphatic heterocycles. The quantitative estimate of drug-likeness (QED) is 0.849. The molecule has 1 aromatic rings. The molecule has 1 saturated heterocycles. The second-order valence-electron chi connectivity index (χ2n) is 4.52. The number of pyridine rings is 1. The van der Waals surface area contributed by atoms with Gasteiger partial charge in [0.15, 0.2) is 0 Å². The van der Waals surface area contributed by atoms with Gasteiger partial charge in [0.1, 0.15) is 6.10 Å². The standard InChI is InChI=1S/C12H18ClN3O/c13-9-3-4-15-11(7-9)12(17)10(14)8-16-5-1-2-6-16/h3-4,7,10,12,17H,1-2,5-6,8,14H2.